The molecule has 3 rings (SSSR count). The summed E-state index contributed by atoms with van der Waals surface area (Å²) in [5, 5.41) is 2.90. The van der Waals surface area contributed by atoms with Crippen molar-refractivity contribution in [3.63, 3.8) is 0 Å². The quantitative estimate of drug-likeness (QED) is 0.821. The molecular weight excluding hydrogens is 296 g/mol. The lowest BCUT2D eigenvalue weighted by molar-refractivity contribution is -0.147. The zero-order valence-corrected chi connectivity index (χ0v) is 13.3. The van der Waals surface area contributed by atoms with Gasteiger partial charge in [0, 0.05) is 19.6 Å². The first-order valence-corrected chi connectivity index (χ1v) is 7.94. The van der Waals surface area contributed by atoms with Gasteiger partial charge in [-0.1, -0.05) is 12.1 Å². The Morgan fingerprint density at radius 3 is 2.43 bits per heavy atom. The van der Waals surface area contributed by atoms with Crippen molar-refractivity contribution in [2.24, 2.45) is 5.41 Å². The van der Waals surface area contributed by atoms with Crippen molar-refractivity contribution in [2.75, 3.05) is 33.4 Å². The van der Waals surface area contributed by atoms with Gasteiger partial charge in [-0.2, -0.15) is 0 Å². The van der Waals surface area contributed by atoms with Crippen LogP contribution in [0.2, 0.25) is 0 Å². The Balaban J connectivity index is 1.57. The van der Waals surface area contributed by atoms with Crippen LogP contribution in [0.5, 0.6) is 5.75 Å². The first kappa shape index (κ1) is 15.8. The maximum absolute atomic E-state index is 12.6. The smallest absolute Gasteiger partial charge is 0.238 e. The molecule has 1 aliphatic heterocycles. The summed E-state index contributed by atoms with van der Waals surface area (Å²) in [6.45, 7) is 2.67. The minimum absolute atomic E-state index is 0.0481. The Morgan fingerprint density at radius 2 is 1.87 bits per heavy atom. The number of nitrogens with one attached hydrogen (secondary N) is 1. The molecule has 2 fully saturated rings. The van der Waals surface area contributed by atoms with Crippen LogP contribution < -0.4 is 10.1 Å². The van der Waals surface area contributed by atoms with Gasteiger partial charge >= 0.3 is 0 Å². The highest BCUT2D eigenvalue weighted by Crippen LogP contribution is 2.47. The molecule has 124 valence electrons. The number of benzene rings is 1. The van der Waals surface area contributed by atoms with Gasteiger partial charge in [0.05, 0.1) is 20.3 Å². The maximum atomic E-state index is 12.6. The number of amides is 2. The number of methoxy groups -OCH3 is 1. The second kappa shape index (κ2) is 6.58. The van der Waals surface area contributed by atoms with E-state index in [0.717, 1.165) is 11.3 Å². The molecule has 6 nitrogen and oxygen atoms in total. The van der Waals surface area contributed by atoms with Gasteiger partial charge in [-0.05, 0) is 30.5 Å². The third-order valence-corrected chi connectivity index (χ3v) is 4.50. The molecule has 1 heterocycles. The van der Waals surface area contributed by atoms with Crippen molar-refractivity contribution < 1.29 is 19.1 Å². The fourth-order valence-corrected chi connectivity index (χ4v) is 2.83. The van der Waals surface area contributed by atoms with Crippen molar-refractivity contribution in [2.45, 2.75) is 19.4 Å². The molecule has 0 aromatic heterocycles. The van der Waals surface area contributed by atoms with Crippen molar-refractivity contribution in [3.05, 3.63) is 29.8 Å². The van der Waals surface area contributed by atoms with Gasteiger partial charge in [-0.3, -0.25) is 9.59 Å². The van der Waals surface area contributed by atoms with Crippen molar-refractivity contribution in [1.82, 2.24) is 10.2 Å². The Kier molecular flexibility index (Phi) is 4.52. The van der Waals surface area contributed by atoms with Gasteiger partial charge in [0.2, 0.25) is 11.8 Å². The van der Waals surface area contributed by atoms with Crippen molar-refractivity contribution in [3.8, 4) is 5.75 Å². The van der Waals surface area contributed by atoms with Crippen molar-refractivity contribution in [1.29, 1.82) is 0 Å². The molecule has 1 saturated heterocycles. The fourth-order valence-electron chi connectivity index (χ4n) is 2.83. The van der Waals surface area contributed by atoms with Crippen LogP contribution in [0.4, 0.5) is 0 Å². The van der Waals surface area contributed by atoms with E-state index < -0.39 is 5.41 Å². The molecule has 0 unspecified atom stereocenters. The summed E-state index contributed by atoms with van der Waals surface area (Å²) in [5.74, 6) is 0.569. The molecular formula is C17H22N2O4. The van der Waals surface area contributed by atoms with Gasteiger partial charge in [0.1, 0.15) is 11.2 Å². The van der Waals surface area contributed by atoms with E-state index in [1.54, 1.807) is 12.0 Å². The minimum Gasteiger partial charge on any atom is -0.497 e. The van der Waals surface area contributed by atoms with Gasteiger partial charge < -0.3 is 19.7 Å². The molecule has 1 aromatic carbocycles. The average molecular weight is 318 g/mol. The van der Waals surface area contributed by atoms with Crippen LogP contribution in [-0.2, 0) is 20.9 Å². The molecule has 6 heteroatoms. The van der Waals surface area contributed by atoms with E-state index in [2.05, 4.69) is 5.32 Å². The lowest BCUT2D eigenvalue weighted by Crippen LogP contribution is -2.49. The zero-order chi connectivity index (χ0) is 16.3. The van der Waals surface area contributed by atoms with E-state index in [1.807, 2.05) is 24.3 Å². The lowest BCUT2D eigenvalue weighted by atomic mass is 10.0. The topological polar surface area (TPSA) is 67.9 Å². The number of morpholine rings is 1. The number of ether oxygens (including phenoxy) is 2. The highest BCUT2D eigenvalue weighted by atomic mass is 16.5. The third-order valence-electron chi connectivity index (χ3n) is 4.50. The average Bonchev–Trinajstić information content (AvgIpc) is 3.42. The highest BCUT2D eigenvalue weighted by Gasteiger charge is 2.57. The lowest BCUT2D eigenvalue weighted by Gasteiger charge is -2.30. The molecule has 1 saturated carbocycles. The van der Waals surface area contributed by atoms with Gasteiger partial charge in [-0.25, -0.2) is 0 Å². The summed E-state index contributed by atoms with van der Waals surface area (Å²) >= 11 is 0. The zero-order valence-electron chi connectivity index (χ0n) is 13.3. The van der Waals surface area contributed by atoms with Crippen LogP contribution >= 0.6 is 0 Å². The van der Waals surface area contributed by atoms with Crippen LogP contribution in [0.1, 0.15) is 18.4 Å². The molecule has 2 aliphatic rings. The number of hydrogen-bond acceptors (Lipinski definition) is 4. The summed E-state index contributed by atoms with van der Waals surface area (Å²) in [5.41, 5.74) is 0.137. The Morgan fingerprint density at radius 1 is 1.22 bits per heavy atom. The Labute approximate surface area is 135 Å². The standard InChI is InChI=1S/C17H22N2O4/c1-22-14-4-2-13(3-5-14)12-18-15(20)17(6-7-17)16(21)19-8-10-23-11-9-19/h2-5H,6-12H2,1H3,(H,18,20). The Bertz CT molecular complexity index is 575. The maximum Gasteiger partial charge on any atom is 0.238 e. The van der Waals surface area contributed by atoms with E-state index in [4.69, 9.17) is 9.47 Å². The Hall–Kier alpha value is -2.08. The van der Waals surface area contributed by atoms with E-state index in [1.165, 1.54) is 0 Å². The summed E-state index contributed by atoms with van der Waals surface area (Å²) in [7, 11) is 1.62. The number of carbonyl (C=O) groups excluding carboxylic acids is 2. The molecule has 1 aliphatic carbocycles. The molecule has 0 atom stereocenters. The van der Waals surface area contributed by atoms with Gasteiger partial charge in [-0.15, -0.1) is 0 Å². The first-order valence-electron chi connectivity index (χ1n) is 7.94. The molecule has 0 spiro atoms. The van der Waals surface area contributed by atoms with Crippen LogP contribution in [0.25, 0.3) is 0 Å². The van der Waals surface area contributed by atoms with E-state index in [-0.39, 0.29) is 11.8 Å². The minimum atomic E-state index is -0.843. The summed E-state index contributed by atoms with van der Waals surface area (Å²) in [4.78, 5) is 26.9. The largest absolute Gasteiger partial charge is 0.497 e. The van der Waals surface area contributed by atoms with E-state index in [9.17, 15) is 9.59 Å². The number of hydrogen-bond donors (Lipinski definition) is 1. The SMILES string of the molecule is COc1ccc(CNC(=O)C2(C(=O)N3CCOCC3)CC2)cc1. The van der Waals surface area contributed by atoms with E-state index in [0.29, 0.717) is 45.7 Å². The third kappa shape index (κ3) is 3.32. The molecule has 0 radical (unpaired) electrons. The monoisotopic (exact) mass is 318 g/mol. The molecule has 1 aromatic rings. The second-order valence-corrected chi connectivity index (χ2v) is 6.02. The van der Waals surface area contributed by atoms with Crippen molar-refractivity contribution >= 4 is 11.8 Å². The number of carbonyl (C=O) groups is 2. The van der Waals surface area contributed by atoms with E-state index >= 15 is 0 Å². The second-order valence-electron chi connectivity index (χ2n) is 6.02. The molecule has 2 amide bonds. The van der Waals surface area contributed by atoms with Crippen LogP contribution in [0, 0.1) is 5.41 Å². The predicted octanol–water partition coefficient (Wildman–Crippen LogP) is 0.950. The van der Waals surface area contributed by atoms with Gasteiger partial charge in [0.25, 0.3) is 0 Å². The summed E-state index contributed by atoms with van der Waals surface area (Å²) in [6, 6.07) is 7.52. The number of nitrogens with zero attached hydrogens (tertiary/aromatic N) is 1. The molecule has 23 heavy (non-hydrogen) atoms. The first-order chi connectivity index (χ1) is 11.2. The fraction of sp³-hybridized carbons (Fsp3) is 0.529. The number of rotatable bonds is 5. The summed E-state index contributed by atoms with van der Waals surface area (Å²) < 4.78 is 10.4. The predicted molar refractivity (Wildman–Crippen MR) is 83.9 cm³/mol. The van der Waals surface area contributed by atoms with Crippen LogP contribution in [0.3, 0.4) is 0 Å². The summed E-state index contributed by atoms with van der Waals surface area (Å²) in [6.07, 6.45) is 1.27. The van der Waals surface area contributed by atoms with Gasteiger partial charge in [0.15, 0.2) is 0 Å². The molecule has 0 bridgehead atoms. The van der Waals surface area contributed by atoms with Crippen LogP contribution in [-0.4, -0.2) is 50.1 Å². The highest BCUT2D eigenvalue weighted by molar-refractivity contribution is 6.07. The normalized spacial score (nSPS) is 19.1. The van der Waals surface area contributed by atoms with Crippen LogP contribution in [0.15, 0.2) is 24.3 Å². The molecule has 1 N–H and O–H groups in total.